The maximum atomic E-state index is 12.3. The van der Waals surface area contributed by atoms with Crippen molar-refractivity contribution in [2.75, 3.05) is 13.7 Å². The van der Waals surface area contributed by atoms with E-state index >= 15 is 0 Å². The Morgan fingerprint density at radius 3 is 2.68 bits per heavy atom. The molecule has 22 heavy (non-hydrogen) atoms. The van der Waals surface area contributed by atoms with E-state index in [9.17, 15) is 4.79 Å². The minimum atomic E-state index is -0.301. The zero-order valence-corrected chi connectivity index (χ0v) is 13.6. The standard InChI is InChI=1S/C16H16Cl2N2O2/c1-22-15-13(18)8-7-12(17)14(15)16(21)20-10-4-6-11-5-2-3-9-19-11/h2-3,5,7-9H,4,6,10H2,1H3,(H,20,21). The number of aromatic nitrogens is 1. The van der Waals surface area contributed by atoms with E-state index in [0.717, 1.165) is 18.5 Å². The first kappa shape index (κ1) is 16.6. The van der Waals surface area contributed by atoms with Gasteiger partial charge in [-0.2, -0.15) is 0 Å². The number of ether oxygens (including phenoxy) is 1. The Morgan fingerprint density at radius 2 is 2.00 bits per heavy atom. The lowest BCUT2D eigenvalue weighted by atomic mass is 10.1. The highest BCUT2D eigenvalue weighted by Crippen LogP contribution is 2.33. The number of hydrogen-bond donors (Lipinski definition) is 1. The molecule has 0 saturated heterocycles. The first-order chi connectivity index (χ1) is 10.6. The van der Waals surface area contributed by atoms with Crippen molar-refractivity contribution >= 4 is 29.1 Å². The molecule has 0 radical (unpaired) electrons. The molecule has 6 heteroatoms. The molecule has 4 nitrogen and oxygen atoms in total. The van der Waals surface area contributed by atoms with Gasteiger partial charge in [0.15, 0.2) is 5.75 Å². The van der Waals surface area contributed by atoms with E-state index in [0.29, 0.717) is 16.6 Å². The topological polar surface area (TPSA) is 51.2 Å². The quantitative estimate of drug-likeness (QED) is 0.816. The Kier molecular flexibility index (Phi) is 6.04. The van der Waals surface area contributed by atoms with Crippen LogP contribution >= 0.6 is 23.2 Å². The van der Waals surface area contributed by atoms with Gasteiger partial charge in [0.2, 0.25) is 0 Å². The Morgan fingerprint density at radius 1 is 1.23 bits per heavy atom. The second kappa shape index (κ2) is 8.01. The van der Waals surface area contributed by atoms with E-state index in [1.165, 1.54) is 7.11 Å². The summed E-state index contributed by atoms with van der Waals surface area (Å²) in [7, 11) is 1.45. The van der Waals surface area contributed by atoms with Crippen LogP contribution in [-0.4, -0.2) is 24.5 Å². The van der Waals surface area contributed by atoms with Gasteiger partial charge in [-0.1, -0.05) is 29.3 Å². The van der Waals surface area contributed by atoms with Crippen molar-refractivity contribution in [3.8, 4) is 5.75 Å². The fourth-order valence-corrected chi connectivity index (χ4v) is 2.52. The summed E-state index contributed by atoms with van der Waals surface area (Å²) in [6.45, 7) is 0.515. The van der Waals surface area contributed by atoms with Crippen LogP contribution in [0.3, 0.4) is 0 Å². The summed E-state index contributed by atoms with van der Waals surface area (Å²) in [6.07, 6.45) is 3.33. The predicted octanol–water partition coefficient (Wildman–Crippen LogP) is 3.76. The van der Waals surface area contributed by atoms with Crippen LogP contribution in [0.4, 0.5) is 0 Å². The molecule has 0 saturated carbocycles. The van der Waals surface area contributed by atoms with Gasteiger partial charge in [-0.15, -0.1) is 0 Å². The number of hydrogen-bond acceptors (Lipinski definition) is 3. The van der Waals surface area contributed by atoms with Gasteiger partial charge in [-0.3, -0.25) is 9.78 Å². The van der Waals surface area contributed by atoms with Gasteiger partial charge in [0, 0.05) is 18.4 Å². The monoisotopic (exact) mass is 338 g/mol. The molecule has 0 bridgehead atoms. The number of amides is 1. The highest BCUT2D eigenvalue weighted by molar-refractivity contribution is 6.37. The smallest absolute Gasteiger partial charge is 0.256 e. The van der Waals surface area contributed by atoms with Crippen LogP contribution in [-0.2, 0) is 6.42 Å². The Balaban J connectivity index is 1.94. The van der Waals surface area contributed by atoms with Gasteiger partial charge in [-0.25, -0.2) is 0 Å². The highest BCUT2D eigenvalue weighted by Gasteiger charge is 2.18. The van der Waals surface area contributed by atoms with Crippen LogP contribution in [0.5, 0.6) is 5.75 Å². The lowest BCUT2D eigenvalue weighted by molar-refractivity contribution is 0.0950. The lowest BCUT2D eigenvalue weighted by Crippen LogP contribution is -2.25. The fourth-order valence-electron chi connectivity index (χ4n) is 2.05. The summed E-state index contributed by atoms with van der Waals surface area (Å²) >= 11 is 12.1. The maximum Gasteiger partial charge on any atom is 0.256 e. The molecule has 1 amide bonds. The molecule has 2 aromatic rings. The van der Waals surface area contributed by atoms with Crippen LogP contribution in [0.1, 0.15) is 22.5 Å². The van der Waals surface area contributed by atoms with Gasteiger partial charge in [0.1, 0.15) is 5.56 Å². The predicted molar refractivity (Wildman–Crippen MR) is 87.9 cm³/mol. The van der Waals surface area contributed by atoms with Crippen LogP contribution < -0.4 is 10.1 Å². The third kappa shape index (κ3) is 4.12. The third-order valence-corrected chi connectivity index (χ3v) is 3.72. The number of aryl methyl sites for hydroxylation is 1. The second-order valence-corrected chi connectivity index (χ2v) is 5.43. The first-order valence-electron chi connectivity index (χ1n) is 6.83. The highest BCUT2D eigenvalue weighted by atomic mass is 35.5. The van der Waals surface area contributed by atoms with Crippen molar-refractivity contribution in [2.24, 2.45) is 0 Å². The van der Waals surface area contributed by atoms with Crippen LogP contribution in [0.15, 0.2) is 36.5 Å². The van der Waals surface area contributed by atoms with Crippen molar-refractivity contribution in [3.63, 3.8) is 0 Å². The molecule has 1 aromatic carbocycles. The minimum absolute atomic E-state index is 0.259. The molecule has 1 N–H and O–H groups in total. The number of rotatable bonds is 6. The molecule has 116 valence electrons. The van der Waals surface area contributed by atoms with E-state index < -0.39 is 0 Å². The number of halogens is 2. The Labute approximate surface area is 139 Å². The number of carbonyl (C=O) groups excluding carboxylic acids is 1. The summed E-state index contributed by atoms with van der Waals surface area (Å²) in [6, 6.07) is 8.95. The largest absolute Gasteiger partial charge is 0.494 e. The number of nitrogens with zero attached hydrogens (tertiary/aromatic N) is 1. The number of carbonyl (C=O) groups is 1. The molecular formula is C16H16Cl2N2O2. The second-order valence-electron chi connectivity index (χ2n) is 4.62. The molecule has 0 fully saturated rings. The van der Waals surface area contributed by atoms with Gasteiger partial charge in [0.05, 0.1) is 17.2 Å². The molecule has 0 aliphatic carbocycles. The molecule has 0 aliphatic heterocycles. The van der Waals surface area contributed by atoms with E-state index in [-0.39, 0.29) is 17.2 Å². The Hall–Kier alpha value is -1.78. The summed E-state index contributed by atoms with van der Waals surface area (Å²) < 4.78 is 5.17. The van der Waals surface area contributed by atoms with Gasteiger partial charge < -0.3 is 10.1 Å². The number of benzene rings is 1. The molecule has 0 atom stereocenters. The normalized spacial score (nSPS) is 10.3. The summed E-state index contributed by atoms with van der Waals surface area (Å²) in [4.78, 5) is 16.5. The molecule has 2 rings (SSSR count). The summed E-state index contributed by atoms with van der Waals surface area (Å²) in [5.41, 5.74) is 1.25. The average Bonchev–Trinajstić information content (AvgIpc) is 2.54. The average molecular weight is 339 g/mol. The zero-order valence-electron chi connectivity index (χ0n) is 12.1. The molecule has 0 unspecified atom stereocenters. The Bertz CT molecular complexity index is 648. The van der Waals surface area contributed by atoms with Gasteiger partial charge in [0.25, 0.3) is 5.91 Å². The van der Waals surface area contributed by atoms with E-state index in [4.69, 9.17) is 27.9 Å². The number of nitrogens with one attached hydrogen (secondary N) is 1. The summed E-state index contributed by atoms with van der Waals surface area (Å²) in [5.74, 6) is -0.0123. The van der Waals surface area contributed by atoms with Crippen molar-refractivity contribution < 1.29 is 9.53 Å². The summed E-state index contributed by atoms with van der Waals surface area (Å²) in [5, 5.41) is 3.48. The molecule has 1 aromatic heterocycles. The molecule has 0 spiro atoms. The van der Waals surface area contributed by atoms with Gasteiger partial charge in [-0.05, 0) is 37.1 Å². The van der Waals surface area contributed by atoms with Gasteiger partial charge >= 0.3 is 0 Å². The number of pyridine rings is 1. The maximum absolute atomic E-state index is 12.3. The van der Waals surface area contributed by atoms with Crippen LogP contribution in [0.2, 0.25) is 10.0 Å². The fraction of sp³-hybridized carbons (Fsp3) is 0.250. The van der Waals surface area contributed by atoms with Crippen molar-refractivity contribution in [1.29, 1.82) is 0 Å². The molecular weight excluding hydrogens is 323 g/mol. The third-order valence-electron chi connectivity index (χ3n) is 3.11. The minimum Gasteiger partial charge on any atom is -0.494 e. The van der Waals surface area contributed by atoms with Crippen LogP contribution in [0, 0.1) is 0 Å². The number of methoxy groups -OCH3 is 1. The van der Waals surface area contributed by atoms with Crippen molar-refractivity contribution in [1.82, 2.24) is 10.3 Å². The molecule has 1 heterocycles. The SMILES string of the molecule is COc1c(Cl)ccc(Cl)c1C(=O)NCCCc1ccccn1. The van der Waals surface area contributed by atoms with Crippen LogP contribution in [0.25, 0.3) is 0 Å². The first-order valence-corrected chi connectivity index (χ1v) is 7.59. The zero-order chi connectivity index (χ0) is 15.9. The lowest BCUT2D eigenvalue weighted by Gasteiger charge is -2.12. The van der Waals surface area contributed by atoms with Crippen molar-refractivity contribution in [2.45, 2.75) is 12.8 Å². The van der Waals surface area contributed by atoms with E-state index in [2.05, 4.69) is 10.3 Å². The van der Waals surface area contributed by atoms with E-state index in [1.807, 2.05) is 18.2 Å². The van der Waals surface area contributed by atoms with Crippen molar-refractivity contribution in [3.05, 3.63) is 57.8 Å². The van der Waals surface area contributed by atoms with E-state index in [1.54, 1.807) is 18.3 Å². The molecule has 0 aliphatic rings.